The van der Waals surface area contributed by atoms with Crippen molar-refractivity contribution in [2.45, 2.75) is 25.4 Å². The van der Waals surface area contributed by atoms with Gasteiger partial charge in [-0.3, -0.25) is 0 Å². The van der Waals surface area contributed by atoms with Crippen LogP contribution in [0.15, 0.2) is 24.3 Å². The van der Waals surface area contributed by atoms with Crippen molar-refractivity contribution < 1.29 is 4.74 Å². The summed E-state index contributed by atoms with van der Waals surface area (Å²) in [6.07, 6.45) is 3.53. The van der Waals surface area contributed by atoms with Gasteiger partial charge in [0.15, 0.2) is 5.11 Å². The van der Waals surface area contributed by atoms with E-state index in [9.17, 15) is 0 Å². The summed E-state index contributed by atoms with van der Waals surface area (Å²) in [5, 5.41) is 7.86. The first-order valence-electron chi connectivity index (χ1n) is 6.62. The SMILES string of the molecule is S=C(NCCc1ccc(Cl)cc1)NC[C@@H]1CCCO1. The Balaban J connectivity index is 1.59. The highest BCUT2D eigenvalue weighted by Gasteiger charge is 2.14. The van der Waals surface area contributed by atoms with Crippen molar-refractivity contribution in [1.82, 2.24) is 10.6 Å². The minimum absolute atomic E-state index is 0.316. The molecule has 0 radical (unpaired) electrons. The molecule has 3 nitrogen and oxygen atoms in total. The van der Waals surface area contributed by atoms with Crippen LogP contribution in [0.4, 0.5) is 0 Å². The van der Waals surface area contributed by atoms with Crippen LogP contribution in [0, 0.1) is 0 Å². The second-order valence-corrected chi connectivity index (χ2v) is 5.49. The summed E-state index contributed by atoms with van der Waals surface area (Å²) in [6.45, 7) is 2.49. The Morgan fingerprint density at radius 3 is 2.79 bits per heavy atom. The highest BCUT2D eigenvalue weighted by molar-refractivity contribution is 7.80. The first-order valence-corrected chi connectivity index (χ1v) is 7.40. The highest BCUT2D eigenvalue weighted by Crippen LogP contribution is 2.10. The van der Waals surface area contributed by atoms with Gasteiger partial charge in [0.1, 0.15) is 0 Å². The molecule has 0 saturated carbocycles. The maximum Gasteiger partial charge on any atom is 0.166 e. The zero-order chi connectivity index (χ0) is 13.5. The molecule has 0 bridgehead atoms. The summed E-state index contributed by atoms with van der Waals surface area (Å²) in [5.74, 6) is 0. The Labute approximate surface area is 124 Å². The minimum Gasteiger partial charge on any atom is -0.376 e. The quantitative estimate of drug-likeness (QED) is 0.819. The summed E-state index contributed by atoms with van der Waals surface area (Å²) >= 11 is 11.1. The van der Waals surface area contributed by atoms with E-state index in [1.54, 1.807) is 0 Å². The van der Waals surface area contributed by atoms with Gasteiger partial charge in [0.25, 0.3) is 0 Å². The van der Waals surface area contributed by atoms with E-state index in [2.05, 4.69) is 10.6 Å². The molecule has 2 rings (SSSR count). The molecule has 19 heavy (non-hydrogen) atoms. The van der Waals surface area contributed by atoms with Crippen molar-refractivity contribution in [2.24, 2.45) is 0 Å². The molecule has 1 aromatic rings. The Morgan fingerprint density at radius 2 is 2.11 bits per heavy atom. The molecule has 1 aliphatic heterocycles. The van der Waals surface area contributed by atoms with Crippen molar-refractivity contribution in [3.63, 3.8) is 0 Å². The summed E-state index contributed by atoms with van der Waals surface area (Å²) < 4.78 is 5.53. The van der Waals surface area contributed by atoms with E-state index in [0.717, 1.165) is 44.0 Å². The minimum atomic E-state index is 0.316. The summed E-state index contributed by atoms with van der Waals surface area (Å²) in [6, 6.07) is 7.88. The van der Waals surface area contributed by atoms with Crippen molar-refractivity contribution in [3.05, 3.63) is 34.9 Å². The van der Waals surface area contributed by atoms with E-state index in [1.807, 2.05) is 24.3 Å². The molecular weight excluding hydrogens is 280 g/mol. The molecule has 1 saturated heterocycles. The number of thiocarbonyl (C=S) groups is 1. The lowest BCUT2D eigenvalue weighted by molar-refractivity contribution is 0.114. The van der Waals surface area contributed by atoms with Gasteiger partial charge in [-0.15, -0.1) is 0 Å². The number of nitrogens with one attached hydrogen (secondary N) is 2. The monoisotopic (exact) mass is 298 g/mol. The fraction of sp³-hybridized carbons (Fsp3) is 0.500. The molecule has 0 spiro atoms. The average molecular weight is 299 g/mol. The Bertz CT molecular complexity index is 404. The van der Waals surface area contributed by atoms with Crippen LogP contribution in [0.2, 0.25) is 5.02 Å². The van der Waals surface area contributed by atoms with Crippen molar-refractivity contribution >= 4 is 28.9 Å². The van der Waals surface area contributed by atoms with Gasteiger partial charge >= 0.3 is 0 Å². The van der Waals surface area contributed by atoms with Gasteiger partial charge in [0.05, 0.1) is 6.10 Å². The molecule has 0 amide bonds. The van der Waals surface area contributed by atoms with Crippen LogP contribution in [0.3, 0.4) is 0 Å². The maximum absolute atomic E-state index is 5.84. The summed E-state index contributed by atoms with van der Waals surface area (Å²) in [7, 11) is 0. The number of hydrogen-bond acceptors (Lipinski definition) is 2. The molecule has 1 heterocycles. The Hall–Kier alpha value is -0.840. The molecule has 2 N–H and O–H groups in total. The third-order valence-electron chi connectivity index (χ3n) is 3.13. The lowest BCUT2D eigenvalue weighted by Gasteiger charge is -2.14. The zero-order valence-electron chi connectivity index (χ0n) is 10.8. The fourth-order valence-corrected chi connectivity index (χ4v) is 2.36. The first kappa shape index (κ1) is 14.6. The third kappa shape index (κ3) is 5.35. The van der Waals surface area contributed by atoms with Gasteiger partial charge in [0, 0.05) is 24.7 Å². The van der Waals surface area contributed by atoms with Crippen LogP contribution < -0.4 is 10.6 Å². The van der Waals surface area contributed by atoms with Crippen LogP contribution in [-0.2, 0) is 11.2 Å². The highest BCUT2D eigenvalue weighted by atomic mass is 35.5. The normalized spacial score (nSPS) is 18.3. The molecular formula is C14H19ClN2OS. The lowest BCUT2D eigenvalue weighted by atomic mass is 10.1. The lowest BCUT2D eigenvalue weighted by Crippen LogP contribution is -2.40. The Kier molecular flexibility index (Phi) is 5.89. The maximum atomic E-state index is 5.84. The predicted molar refractivity (Wildman–Crippen MR) is 82.7 cm³/mol. The van der Waals surface area contributed by atoms with Crippen LogP contribution in [0.5, 0.6) is 0 Å². The molecule has 1 aliphatic rings. The van der Waals surface area contributed by atoms with Crippen molar-refractivity contribution in [1.29, 1.82) is 0 Å². The molecule has 0 unspecified atom stereocenters. The number of ether oxygens (including phenoxy) is 1. The molecule has 0 aromatic heterocycles. The number of benzene rings is 1. The predicted octanol–water partition coefficient (Wildman–Crippen LogP) is 2.53. The van der Waals surface area contributed by atoms with Gasteiger partial charge in [-0.2, -0.15) is 0 Å². The van der Waals surface area contributed by atoms with E-state index < -0.39 is 0 Å². The summed E-state index contributed by atoms with van der Waals surface area (Å²) in [5.41, 5.74) is 1.25. The molecule has 5 heteroatoms. The van der Waals surface area contributed by atoms with Gasteiger partial charge in [0.2, 0.25) is 0 Å². The topological polar surface area (TPSA) is 33.3 Å². The van der Waals surface area contributed by atoms with Gasteiger partial charge in [-0.1, -0.05) is 23.7 Å². The van der Waals surface area contributed by atoms with Crippen molar-refractivity contribution in [2.75, 3.05) is 19.7 Å². The Morgan fingerprint density at radius 1 is 1.32 bits per heavy atom. The number of rotatable bonds is 5. The first-order chi connectivity index (χ1) is 9.24. The molecule has 0 aliphatic carbocycles. The van der Waals surface area contributed by atoms with E-state index in [-0.39, 0.29) is 0 Å². The zero-order valence-corrected chi connectivity index (χ0v) is 12.4. The van der Waals surface area contributed by atoms with Crippen molar-refractivity contribution in [3.8, 4) is 0 Å². The summed E-state index contributed by atoms with van der Waals surface area (Å²) in [4.78, 5) is 0. The molecule has 1 atom stereocenters. The van der Waals surface area contributed by atoms with Crippen LogP contribution >= 0.6 is 23.8 Å². The molecule has 1 fully saturated rings. The van der Waals surface area contributed by atoms with Gasteiger partial charge in [-0.25, -0.2) is 0 Å². The van der Waals surface area contributed by atoms with Crippen LogP contribution in [0.25, 0.3) is 0 Å². The fourth-order valence-electron chi connectivity index (χ4n) is 2.05. The number of halogens is 1. The second-order valence-electron chi connectivity index (χ2n) is 4.65. The van der Waals surface area contributed by atoms with Gasteiger partial charge < -0.3 is 15.4 Å². The second kappa shape index (κ2) is 7.68. The smallest absolute Gasteiger partial charge is 0.166 e. The molecule has 104 valence electrons. The van der Waals surface area contributed by atoms with Crippen LogP contribution in [0.1, 0.15) is 18.4 Å². The average Bonchev–Trinajstić information content (AvgIpc) is 2.92. The van der Waals surface area contributed by atoms with E-state index >= 15 is 0 Å². The van der Waals surface area contributed by atoms with E-state index in [1.165, 1.54) is 5.56 Å². The molecule has 1 aromatic carbocycles. The largest absolute Gasteiger partial charge is 0.376 e. The number of hydrogen-bond donors (Lipinski definition) is 2. The van der Waals surface area contributed by atoms with E-state index in [4.69, 9.17) is 28.6 Å². The van der Waals surface area contributed by atoms with E-state index in [0.29, 0.717) is 11.2 Å². The standard InChI is InChI=1S/C14H19ClN2OS/c15-12-5-3-11(4-6-12)7-8-16-14(19)17-10-13-2-1-9-18-13/h3-6,13H,1-2,7-10H2,(H2,16,17,19)/t13-/m0/s1. The third-order valence-corrected chi connectivity index (χ3v) is 3.67. The van der Waals surface area contributed by atoms with Crippen LogP contribution in [-0.4, -0.2) is 30.9 Å². The van der Waals surface area contributed by atoms with Gasteiger partial charge in [-0.05, 0) is 49.2 Å².